The van der Waals surface area contributed by atoms with E-state index in [-0.39, 0.29) is 11.9 Å². The van der Waals surface area contributed by atoms with Gasteiger partial charge in [-0.05, 0) is 37.6 Å². The lowest BCUT2D eigenvalue weighted by Gasteiger charge is -2.26. The number of aromatic nitrogens is 2. The van der Waals surface area contributed by atoms with E-state index in [0.29, 0.717) is 13.2 Å². The summed E-state index contributed by atoms with van der Waals surface area (Å²) in [4.78, 5) is 12.6. The SMILES string of the molecule is Cc1nn(Cc2ccccc2Cl)c(C)c1/C=C/C(=O)N[C@H]1CCOc2ccccc21. The Morgan fingerprint density at radius 3 is 2.83 bits per heavy atom. The molecule has 30 heavy (non-hydrogen) atoms. The fraction of sp³-hybridized carbons (Fsp3) is 0.250. The number of para-hydroxylation sites is 1. The highest BCUT2D eigenvalue weighted by molar-refractivity contribution is 6.31. The molecule has 2 aromatic carbocycles. The number of aryl methyl sites for hydroxylation is 1. The van der Waals surface area contributed by atoms with E-state index in [2.05, 4.69) is 10.4 Å². The number of ether oxygens (including phenoxy) is 1. The summed E-state index contributed by atoms with van der Waals surface area (Å²) in [5.41, 5.74) is 4.85. The predicted molar refractivity (Wildman–Crippen MR) is 119 cm³/mol. The first-order chi connectivity index (χ1) is 14.5. The van der Waals surface area contributed by atoms with Crippen LogP contribution in [0.5, 0.6) is 5.75 Å². The highest BCUT2D eigenvalue weighted by Gasteiger charge is 2.22. The van der Waals surface area contributed by atoms with E-state index in [9.17, 15) is 4.79 Å². The maximum Gasteiger partial charge on any atom is 0.244 e. The molecule has 1 aromatic heterocycles. The number of rotatable bonds is 5. The molecule has 1 amide bonds. The zero-order valence-electron chi connectivity index (χ0n) is 17.1. The smallest absolute Gasteiger partial charge is 0.244 e. The maximum atomic E-state index is 12.6. The van der Waals surface area contributed by atoms with Crippen LogP contribution in [0.25, 0.3) is 6.08 Å². The molecular weight excluding hydrogens is 398 g/mol. The lowest BCUT2D eigenvalue weighted by molar-refractivity contribution is -0.117. The second kappa shape index (κ2) is 8.76. The molecule has 1 N–H and O–H groups in total. The van der Waals surface area contributed by atoms with E-state index >= 15 is 0 Å². The van der Waals surface area contributed by atoms with E-state index in [1.54, 1.807) is 6.08 Å². The van der Waals surface area contributed by atoms with Gasteiger partial charge in [-0.3, -0.25) is 9.48 Å². The number of hydrogen-bond donors (Lipinski definition) is 1. The van der Waals surface area contributed by atoms with Gasteiger partial charge in [0.25, 0.3) is 0 Å². The van der Waals surface area contributed by atoms with Crippen LogP contribution in [-0.4, -0.2) is 22.3 Å². The van der Waals surface area contributed by atoms with Gasteiger partial charge in [0.15, 0.2) is 0 Å². The largest absolute Gasteiger partial charge is 0.493 e. The van der Waals surface area contributed by atoms with Gasteiger partial charge < -0.3 is 10.1 Å². The molecule has 3 aromatic rings. The summed E-state index contributed by atoms with van der Waals surface area (Å²) >= 11 is 6.29. The monoisotopic (exact) mass is 421 g/mol. The Hall–Kier alpha value is -3.05. The van der Waals surface area contributed by atoms with Gasteiger partial charge in [-0.1, -0.05) is 48.0 Å². The average Bonchev–Trinajstić information content (AvgIpc) is 3.01. The minimum absolute atomic E-state index is 0.0442. The number of halogens is 1. The number of amides is 1. The molecule has 2 heterocycles. The summed E-state index contributed by atoms with van der Waals surface area (Å²) in [5.74, 6) is 0.708. The fourth-order valence-corrected chi connectivity index (χ4v) is 3.96. The fourth-order valence-electron chi connectivity index (χ4n) is 3.76. The number of fused-ring (bicyclic) bond motifs is 1. The van der Waals surface area contributed by atoms with E-state index in [0.717, 1.165) is 45.3 Å². The van der Waals surface area contributed by atoms with Gasteiger partial charge in [0, 0.05) is 34.3 Å². The van der Waals surface area contributed by atoms with E-state index in [4.69, 9.17) is 16.3 Å². The Morgan fingerprint density at radius 1 is 1.23 bits per heavy atom. The molecule has 1 aliphatic heterocycles. The average molecular weight is 422 g/mol. The van der Waals surface area contributed by atoms with Crippen LogP contribution in [0.15, 0.2) is 54.6 Å². The molecule has 0 radical (unpaired) electrons. The van der Waals surface area contributed by atoms with Gasteiger partial charge in [0.2, 0.25) is 5.91 Å². The first-order valence-corrected chi connectivity index (χ1v) is 10.4. The highest BCUT2D eigenvalue weighted by Crippen LogP contribution is 2.31. The van der Waals surface area contributed by atoms with Crippen LogP contribution >= 0.6 is 11.6 Å². The molecule has 1 atom stereocenters. The Bertz CT molecular complexity index is 1100. The molecule has 4 rings (SSSR count). The minimum atomic E-state index is -0.130. The van der Waals surface area contributed by atoms with Crippen molar-refractivity contribution >= 4 is 23.6 Å². The summed E-state index contributed by atoms with van der Waals surface area (Å²) in [6, 6.07) is 15.5. The third-order valence-electron chi connectivity index (χ3n) is 5.39. The standard InChI is InChI=1S/C24H24ClN3O2/c1-16-19(17(2)28(27-16)15-18-7-3-5-9-21(18)25)11-12-24(29)26-22-13-14-30-23-10-6-4-8-20(22)23/h3-12,22H,13-15H2,1-2H3,(H,26,29)/b12-11+/t22-/m0/s1. The van der Waals surface area contributed by atoms with Crippen molar-refractivity contribution in [2.24, 2.45) is 0 Å². The van der Waals surface area contributed by atoms with Crippen molar-refractivity contribution in [3.05, 3.63) is 87.7 Å². The van der Waals surface area contributed by atoms with Gasteiger partial charge in [-0.2, -0.15) is 5.10 Å². The zero-order valence-corrected chi connectivity index (χ0v) is 17.8. The van der Waals surface area contributed by atoms with Gasteiger partial charge in [-0.15, -0.1) is 0 Å². The molecular formula is C24H24ClN3O2. The van der Waals surface area contributed by atoms with Crippen molar-refractivity contribution in [3.63, 3.8) is 0 Å². The van der Waals surface area contributed by atoms with E-state index in [1.807, 2.05) is 73.1 Å². The Kier molecular flexibility index (Phi) is 5.91. The first kappa shape index (κ1) is 20.2. The lowest BCUT2D eigenvalue weighted by Crippen LogP contribution is -2.30. The topological polar surface area (TPSA) is 56.2 Å². The third-order valence-corrected chi connectivity index (χ3v) is 5.76. The Balaban J connectivity index is 1.47. The number of nitrogens with zero attached hydrogens (tertiary/aromatic N) is 2. The number of carbonyl (C=O) groups excluding carboxylic acids is 1. The Morgan fingerprint density at radius 2 is 2.00 bits per heavy atom. The summed E-state index contributed by atoms with van der Waals surface area (Å²) in [5, 5.41) is 8.44. The second-order valence-corrected chi connectivity index (χ2v) is 7.81. The normalized spacial score (nSPS) is 15.6. The van der Waals surface area contributed by atoms with E-state index in [1.165, 1.54) is 0 Å². The molecule has 0 aliphatic carbocycles. The third kappa shape index (κ3) is 4.26. The minimum Gasteiger partial charge on any atom is -0.493 e. The summed E-state index contributed by atoms with van der Waals surface area (Å²) in [7, 11) is 0. The molecule has 0 unspecified atom stereocenters. The van der Waals surface area contributed by atoms with Crippen LogP contribution in [0.2, 0.25) is 5.02 Å². The number of carbonyl (C=O) groups is 1. The number of hydrogen-bond acceptors (Lipinski definition) is 3. The van der Waals surface area contributed by atoms with Crippen molar-refractivity contribution in [2.75, 3.05) is 6.61 Å². The van der Waals surface area contributed by atoms with Crippen LogP contribution in [0.4, 0.5) is 0 Å². The zero-order chi connectivity index (χ0) is 21.1. The molecule has 1 aliphatic rings. The molecule has 0 fully saturated rings. The second-order valence-electron chi connectivity index (χ2n) is 7.40. The van der Waals surface area contributed by atoms with Crippen molar-refractivity contribution in [2.45, 2.75) is 32.9 Å². The van der Waals surface area contributed by atoms with Crippen molar-refractivity contribution in [1.29, 1.82) is 0 Å². The van der Waals surface area contributed by atoms with Crippen LogP contribution in [-0.2, 0) is 11.3 Å². The molecule has 154 valence electrons. The lowest BCUT2D eigenvalue weighted by atomic mass is 10.0. The van der Waals surface area contributed by atoms with Crippen LogP contribution in [0.3, 0.4) is 0 Å². The number of benzene rings is 2. The number of nitrogens with one attached hydrogen (secondary N) is 1. The van der Waals surface area contributed by atoms with Crippen LogP contribution in [0.1, 0.15) is 40.5 Å². The van der Waals surface area contributed by atoms with Crippen molar-refractivity contribution in [1.82, 2.24) is 15.1 Å². The Labute approximate surface area is 181 Å². The van der Waals surface area contributed by atoms with Crippen molar-refractivity contribution in [3.8, 4) is 5.75 Å². The van der Waals surface area contributed by atoms with Crippen LogP contribution < -0.4 is 10.1 Å². The maximum absolute atomic E-state index is 12.6. The first-order valence-electron chi connectivity index (χ1n) is 10.0. The van der Waals surface area contributed by atoms with Gasteiger partial charge in [0.05, 0.1) is 24.9 Å². The van der Waals surface area contributed by atoms with Crippen molar-refractivity contribution < 1.29 is 9.53 Å². The van der Waals surface area contributed by atoms with Crippen LogP contribution in [0, 0.1) is 13.8 Å². The molecule has 0 bridgehead atoms. The summed E-state index contributed by atoms with van der Waals surface area (Å²) < 4.78 is 7.59. The van der Waals surface area contributed by atoms with Gasteiger partial charge in [-0.25, -0.2) is 0 Å². The van der Waals surface area contributed by atoms with E-state index < -0.39 is 0 Å². The van der Waals surface area contributed by atoms with Gasteiger partial charge in [0.1, 0.15) is 5.75 Å². The molecule has 0 saturated carbocycles. The molecule has 0 spiro atoms. The quantitative estimate of drug-likeness (QED) is 0.599. The predicted octanol–water partition coefficient (Wildman–Crippen LogP) is 4.85. The molecule has 5 nitrogen and oxygen atoms in total. The van der Waals surface area contributed by atoms with Gasteiger partial charge >= 0.3 is 0 Å². The summed E-state index contributed by atoms with van der Waals surface area (Å²) in [6.45, 7) is 5.13. The molecule has 6 heteroatoms. The highest BCUT2D eigenvalue weighted by atomic mass is 35.5. The summed E-state index contributed by atoms with van der Waals surface area (Å²) in [6.07, 6.45) is 4.17. The molecule has 0 saturated heterocycles.